The third kappa shape index (κ3) is 4.01. The van der Waals surface area contributed by atoms with Gasteiger partial charge in [0.1, 0.15) is 0 Å². The molecular weight excluding hydrogens is 269 g/mol. The normalized spacial score (nSPS) is 9.76. The van der Waals surface area contributed by atoms with E-state index in [1.165, 1.54) is 12.1 Å². The predicted octanol–water partition coefficient (Wildman–Crippen LogP) is 1.15. The van der Waals surface area contributed by atoms with Crippen LogP contribution < -0.4 is 21.5 Å². The molecule has 0 unspecified atom stereocenters. The summed E-state index contributed by atoms with van der Waals surface area (Å²) in [4.78, 5) is 21.4. The maximum atomic E-state index is 11.1. The number of urea groups is 1. The molecule has 1 rings (SSSR count). The van der Waals surface area contributed by atoms with Crippen LogP contribution in [0.1, 0.15) is 0 Å². The minimum absolute atomic E-state index is 0.113. The van der Waals surface area contributed by atoms with E-state index in [-0.39, 0.29) is 15.8 Å². The van der Waals surface area contributed by atoms with Gasteiger partial charge in [-0.15, -0.1) is 0 Å². The fraction of sp³-hybridized carbons (Fsp3) is 0.111. The quantitative estimate of drug-likeness (QED) is 0.720. The van der Waals surface area contributed by atoms with Crippen molar-refractivity contribution >= 4 is 40.8 Å². The number of nitrogen functional groups attached to an aromatic ring is 1. The molecule has 0 heterocycles. The molecule has 1 aromatic carbocycles. The topological polar surface area (TPSA) is 107 Å². The number of primary amides is 1. The molecule has 0 aromatic heterocycles. The summed E-state index contributed by atoms with van der Waals surface area (Å²) in [5.41, 5.74) is 10.6. The number of hydrogen-bond acceptors (Lipinski definition) is 4. The lowest BCUT2D eigenvalue weighted by Crippen LogP contribution is -2.38. The van der Waals surface area contributed by atoms with Gasteiger partial charge in [-0.1, -0.05) is 23.2 Å². The highest BCUT2D eigenvalue weighted by Gasteiger charge is 2.11. The van der Waals surface area contributed by atoms with Gasteiger partial charge < -0.3 is 16.2 Å². The average Bonchev–Trinajstić information content (AvgIpc) is 2.14. The highest BCUT2D eigenvalue weighted by atomic mass is 35.5. The van der Waals surface area contributed by atoms with E-state index in [4.69, 9.17) is 39.4 Å². The van der Waals surface area contributed by atoms with Crippen LogP contribution in [0.3, 0.4) is 0 Å². The van der Waals surface area contributed by atoms with Gasteiger partial charge in [0.05, 0.1) is 10.0 Å². The molecule has 0 saturated heterocycles. The summed E-state index contributed by atoms with van der Waals surface area (Å²) in [6.45, 7) is -0.438. The van der Waals surface area contributed by atoms with Crippen LogP contribution in [0.25, 0.3) is 0 Å². The van der Waals surface area contributed by atoms with Crippen LogP contribution in [0.4, 0.5) is 10.5 Å². The van der Waals surface area contributed by atoms with E-state index in [2.05, 4.69) is 0 Å². The van der Waals surface area contributed by atoms with Crippen LogP contribution >= 0.6 is 23.2 Å². The Bertz CT molecular complexity index is 442. The van der Waals surface area contributed by atoms with Crippen molar-refractivity contribution < 1.29 is 14.3 Å². The van der Waals surface area contributed by atoms with Gasteiger partial charge in [-0.2, -0.15) is 0 Å². The van der Waals surface area contributed by atoms with Crippen molar-refractivity contribution in [1.29, 1.82) is 0 Å². The molecule has 0 saturated carbocycles. The molecule has 3 amide bonds. The molecule has 17 heavy (non-hydrogen) atoms. The van der Waals surface area contributed by atoms with Crippen molar-refractivity contribution in [1.82, 2.24) is 5.32 Å². The number of ether oxygens (including phenoxy) is 1. The smallest absolute Gasteiger partial charge is 0.318 e. The largest absolute Gasteiger partial charge is 0.481 e. The summed E-state index contributed by atoms with van der Waals surface area (Å²) in [6, 6.07) is 1.89. The van der Waals surface area contributed by atoms with Crippen LogP contribution in [-0.4, -0.2) is 18.5 Å². The maximum Gasteiger partial charge on any atom is 0.318 e. The number of anilines is 1. The number of carbonyl (C=O) groups excluding carboxylic acids is 2. The van der Waals surface area contributed by atoms with Crippen molar-refractivity contribution in [2.75, 3.05) is 12.3 Å². The van der Waals surface area contributed by atoms with E-state index in [1.807, 2.05) is 5.32 Å². The fourth-order valence-corrected chi connectivity index (χ4v) is 1.64. The standard InChI is InChI=1S/C9H9Cl2N3O3/c10-5-1-4(12)2-6(11)8(5)17-3-7(15)14-9(13)16/h1-2H,3,12H2,(H3,13,14,15,16). The van der Waals surface area contributed by atoms with Crippen LogP contribution in [-0.2, 0) is 4.79 Å². The molecule has 0 aliphatic carbocycles. The number of imide groups is 1. The van der Waals surface area contributed by atoms with Crippen molar-refractivity contribution in [3.63, 3.8) is 0 Å². The molecule has 0 atom stereocenters. The minimum atomic E-state index is -0.965. The molecule has 0 spiro atoms. The number of nitrogens with one attached hydrogen (secondary N) is 1. The van der Waals surface area contributed by atoms with Crippen molar-refractivity contribution in [2.45, 2.75) is 0 Å². The summed E-state index contributed by atoms with van der Waals surface area (Å²) >= 11 is 11.6. The first kappa shape index (κ1) is 13.4. The van der Waals surface area contributed by atoms with Crippen LogP contribution in [0.5, 0.6) is 5.75 Å². The number of benzene rings is 1. The van der Waals surface area contributed by atoms with Crippen LogP contribution in [0.2, 0.25) is 10.0 Å². The summed E-state index contributed by atoms with van der Waals surface area (Å²) < 4.78 is 5.05. The number of halogens is 2. The predicted molar refractivity (Wildman–Crippen MR) is 64.1 cm³/mol. The van der Waals surface area contributed by atoms with E-state index >= 15 is 0 Å². The molecule has 6 nitrogen and oxygen atoms in total. The van der Waals surface area contributed by atoms with Gasteiger partial charge in [0.2, 0.25) is 0 Å². The molecule has 5 N–H and O–H groups in total. The van der Waals surface area contributed by atoms with E-state index in [9.17, 15) is 9.59 Å². The summed E-state index contributed by atoms with van der Waals surface area (Å²) in [5, 5.41) is 2.16. The lowest BCUT2D eigenvalue weighted by molar-refractivity contribution is -0.121. The second kappa shape index (κ2) is 5.60. The van der Waals surface area contributed by atoms with Gasteiger partial charge in [-0.25, -0.2) is 4.79 Å². The molecule has 0 fully saturated rings. The van der Waals surface area contributed by atoms with E-state index in [0.29, 0.717) is 5.69 Å². The highest BCUT2D eigenvalue weighted by Crippen LogP contribution is 2.34. The van der Waals surface area contributed by atoms with Crippen molar-refractivity contribution in [2.24, 2.45) is 5.73 Å². The van der Waals surface area contributed by atoms with Gasteiger partial charge in [0.15, 0.2) is 12.4 Å². The molecule has 0 radical (unpaired) electrons. The SMILES string of the molecule is NC(=O)NC(=O)COc1c(Cl)cc(N)cc1Cl. The summed E-state index contributed by atoms with van der Waals surface area (Å²) in [5.74, 6) is -0.594. The average molecular weight is 278 g/mol. The number of amides is 3. The summed E-state index contributed by atoms with van der Waals surface area (Å²) in [7, 11) is 0. The van der Waals surface area contributed by atoms with Crippen LogP contribution in [0.15, 0.2) is 12.1 Å². The second-order valence-electron chi connectivity index (χ2n) is 3.01. The lowest BCUT2D eigenvalue weighted by Gasteiger charge is -2.09. The Morgan fingerprint density at radius 2 is 1.82 bits per heavy atom. The Morgan fingerprint density at radius 1 is 1.29 bits per heavy atom. The number of rotatable bonds is 3. The Labute approximate surface area is 107 Å². The van der Waals surface area contributed by atoms with E-state index < -0.39 is 18.5 Å². The zero-order valence-corrected chi connectivity index (χ0v) is 10.0. The number of nitrogens with two attached hydrogens (primary N) is 2. The zero-order valence-electron chi connectivity index (χ0n) is 8.50. The molecular formula is C9H9Cl2N3O3. The number of hydrogen-bond donors (Lipinski definition) is 3. The third-order valence-corrected chi connectivity index (χ3v) is 2.19. The third-order valence-electron chi connectivity index (χ3n) is 1.63. The Balaban J connectivity index is 2.70. The molecule has 92 valence electrons. The maximum absolute atomic E-state index is 11.1. The Hall–Kier alpha value is -1.66. The minimum Gasteiger partial charge on any atom is -0.481 e. The zero-order chi connectivity index (χ0) is 13.0. The monoisotopic (exact) mass is 277 g/mol. The van der Waals surface area contributed by atoms with Gasteiger partial charge >= 0.3 is 6.03 Å². The van der Waals surface area contributed by atoms with E-state index in [0.717, 1.165) is 0 Å². The van der Waals surface area contributed by atoms with E-state index in [1.54, 1.807) is 0 Å². The van der Waals surface area contributed by atoms with Crippen LogP contribution in [0, 0.1) is 0 Å². The lowest BCUT2D eigenvalue weighted by atomic mass is 10.3. The molecule has 0 bridgehead atoms. The fourth-order valence-electron chi connectivity index (χ4n) is 1.03. The van der Waals surface area contributed by atoms with Gasteiger partial charge in [-0.3, -0.25) is 10.1 Å². The second-order valence-corrected chi connectivity index (χ2v) is 3.83. The van der Waals surface area contributed by atoms with Crippen molar-refractivity contribution in [3.05, 3.63) is 22.2 Å². The summed E-state index contributed by atoms with van der Waals surface area (Å²) in [6.07, 6.45) is 0. The highest BCUT2D eigenvalue weighted by molar-refractivity contribution is 6.37. The van der Waals surface area contributed by atoms with Crippen molar-refractivity contribution in [3.8, 4) is 5.75 Å². The molecule has 8 heteroatoms. The van der Waals surface area contributed by atoms with Gasteiger partial charge in [-0.05, 0) is 12.1 Å². The number of carbonyl (C=O) groups is 2. The molecule has 0 aliphatic rings. The Morgan fingerprint density at radius 3 is 2.29 bits per heavy atom. The molecule has 1 aromatic rings. The first-order valence-electron chi connectivity index (χ1n) is 4.36. The van der Waals surface area contributed by atoms with Gasteiger partial charge in [0.25, 0.3) is 5.91 Å². The first-order chi connectivity index (χ1) is 7.90. The van der Waals surface area contributed by atoms with Gasteiger partial charge in [0, 0.05) is 5.69 Å². The molecule has 0 aliphatic heterocycles. The first-order valence-corrected chi connectivity index (χ1v) is 5.12. The Kier molecular flexibility index (Phi) is 4.42.